The molecule has 0 aromatic heterocycles. The van der Waals surface area contributed by atoms with Crippen molar-refractivity contribution in [3.05, 3.63) is 34.9 Å². The predicted molar refractivity (Wildman–Crippen MR) is 85.2 cm³/mol. The van der Waals surface area contributed by atoms with Crippen LogP contribution in [0, 0.1) is 0 Å². The van der Waals surface area contributed by atoms with Crippen LogP contribution in [0.2, 0.25) is 5.02 Å². The van der Waals surface area contributed by atoms with Crippen molar-refractivity contribution in [1.29, 1.82) is 0 Å². The molecule has 3 heteroatoms. The number of hydrogen-bond donors (Lipinski definition) is 0. The minimum absolute atomic E-state index is 0.850. The molecule has 0 amide bonds. The Balaban J connectivity index is 1.48. The standard InChI is InChI=1S/C17H25ClN2/c18-16-6-4-5-15(13-16)14-19-9-11-20(12-10-19)17-7-2-1-3-8-17/h4-6,13,17H,1-3,7-12,14H2. The fourth-order valence-corrected chi connectivity index (χ4v) is 3.84. The van der Waals surface area contributed by atoms with Crippen molar-refractivity contribution in [1.82, 2.24) is 9.80 Å². The van der Waals surface area contributed by atoms with E-state index in [0.717, 1.165) is 17.6 Å². The molecule has 2 fully saturated rings. The van der Waals surface area contributed by atoms with Crippen LogP contribution in [0.5, 0.6) is 0 Å². The number of nitrogens with zero attached hydrogens (tertiary/aromatic N) is 2. The van der Waals surface area contributed by atoms with E-state index in [1.807, 2.05) is 6.07 Å². The molecule has 1 saturated carbocycles. The summed E-state index contributed by atoms with van der Waals surface area (Å²) < 4.78 is 0. The van der Waals surface area contributed by atoms with Gasteiger partial charge in [0.15, 0.2) is 0 Å². The second-order valence-corrected chi connectivity index (χ2v) is 6.67. The molecule has 20 heavy (non-hydrogen) atoms. The lowest BCUT2D eigenvalue weighted by Crippen LogP contribution is -2.50. The summed E-state index contributed by atoms with van der Waals surface area (Å²) in [4.78, 5) is 5.29. The highest BCUT2D eigenvalue weighted by atomic mass is 35.5. The summed E-state index contributed by atoms with van der Waals surface area (Å²) in [6, 6.07) is 9.15. The Kier molecular flexibility index (Phi) is 4.98. The second kappa shape index (κ2) is 6.93. The molecule has 1 aliphatic heterocycles. The molecule has 3 rings (SSSR count). The Morgan fingerprint density at radius 2 is 1.75 bits per heavy atom. The van der Waals surface area contributed by atoms with Gasteiger partial charge in [-0.05, 0) is 30.5 Å². The van der Waals surface area contributed by atoms with E-state index in [0.29, 0.717) is 0 Å². The smallest absolute Gasteiger partial charge is 0.0409 e. The van der Waals surface area contributed by atoms with Crippen LogP contribution in [0.25, 0.3) is 0 Å². The van der Waals surface area contributed by atoms with Crippen LogP contribution in [-0.2, 0) is 6.54 Å². The molecule has 2 nitrogen and oxygen atoms in total. The van der Waals surface area contributed by atoms with Crippen LogP contribution in [0.15, 0.2) is 24.3 Å². The van der Waals surface area contributed by atoms with Gasteiger partial charge in [-0.2, -0.15) is 0 Å². The molecule has 0 radical (unpaired) electrons. The molecule has 1 heterocycles. The fraction of sp³-hybridized carbons (Fsp3) is 0.647. The summed E-state index contributed by atoms with van der Waals surface area (Å²) in [6.07, 6.45) is 7.18. The number of hydrogen-bond acceptors (Lipinski definition) is 2. The third-order valence-electron chi connectivity index (χ3n) is 4.79. The maximum absolute atomic E-state index is 6.06. The average Bonchev–Trinajstić information content (AvgIpc) is 2.49. The van der Waals surface area contributed by atoms with Gasteiger partial charge < -0.3 is 0 Å². The number of piperazine rings is 1. The Labute approximate surface area is 127 Å². The number of halogens is 1. The summed E-state index contributed by atoms with van der Waals surface area (Å²) in [5.74, 6) is 0. The molecular weight excluding hydrogens is 268 g/mol. The van der Waals surface area contributed by atoms with Crippen molar-refractivity contribution in [2.24, 2.45) is 0 Å². The van der Waals surface area contributed by atoms with Gasteiger partial charge in [-0.25, -0.2) is 0 Å². The highest BCUT2D eigenvalue weighted by Crippen LogP contribution is 2.24. The minimum atomic E-state index is 0.850. The number of rotatable bonds is 3. The van der Waals surface area contributed by atoms with Crippen LogP contribution in [0.4, 0.5) is 0 Å². The zero-order chi connectivity index (χ0) is 13.8. The van der Waals surface area contributed by atoms with Gasteiger partial charge in [-0.3, -0.25) is 9.80 Å². The first-order valence-corrected chi connectivity index (χ1v) is 8.40. The first kappa shape index (κ1) is 14.4. The van der Waals surface area contributed by atoms with E-state index in [9.17, 15) is 0 Å². The Hall–Kier alpha value is -0.570. The highest BCUT2D eigenvalue weighted by Gasteiger charge is 2.24. The van der Waals surface area contributed by atoms with Crippen LogP contribution in [-0.4, -0.2) is 42.0 Å². The predicted octanol–water partition coefficient (Wildman–Crippen LogP) is 3.79. The maximum Gasteiger partial charge on any atom is 0.0409 e. The third-order valence-corrected chi connectivity index (χ3v) is 5.03. The van der Waals surface area contributed by atoms with Gasteiger partial charge in [-0.15, -0.1) is 0 Å². The molecule has 0 atom stereocenters. The van der Waals surface area contributed by atoms with E-state index >= 15 is 0 Å². The lowest BCUT2D eigenvalue weighted by Gasteiger charge is -2.40. The summed E-state index contributed by atoms with van der Waals surface area (Å²) in [7, 11) is 0. The SMILES string of the molecule is Clc1cccc(CN2CCN(C3CCCCC3)CC2)c1. The summed E-state index contributed by atoms with van der Waals surface area (Å²) in [6.45, 7) is 5.92. The topological polar surface area (TPSA) is 6.48 Å². The Bertz CT molecular complexity index is 421. The molecule has 1 saturated heterocycles. The van der Waals surface area contributed by atoms with E-state index in [1.54, 1.807) is 0 Å². The average molecular weight is 293 g/mol. The van der Waals surface area contributed by atoms with Crippen molar-refractivity contribution in [2.45, 2.75) is 44.7 Å². The van der Waals surface area contributed by atoms with Crippen LogP contribution >= 0.6 is 11.6 Å². The maximum atomic E-state index is 6.06. The Morgan fingerprint density at radius 1 is 1.00 bits per heavy atom. The van der Waals surface area contributed by atoms with E-state index in [4.69, 9.17) is 11.6 Å². The zero-order valence-corrected chi connectivity index (χ0v) is 13.0. The molecule has 0 unspecified atom stereocenters. The second-order valence-electron chi connectivity index (χ2n) is 6.23. The van der Waals surface area contributed by atoms with Crippen molar-refractivity contribution >= 4 is 11.6 Å². The lowest BCUT2D eigenvalue weighted by atomic mass is 9.94. The molecule has 2 aliphatic rings. The van der Waals surface area contributed by atoms with Gasteiger partial charge >= 0.3 is 0 Å². The van der Waals surface area contributed by atoms with E-state index in [-0.39, 0.29) is 0 Å². The molecule has 1 aromatic rings. The summed E-state index contributed by atoms with van der Waals surface area (Å²) in [5, 5.41) is 0.850. The number of benzene rings is 1. The quantitative estimate of drug-likeness (QED) is 0.836. The normalized spacial score (nSPS) is 23.1. The van der Waals surface area contributed by atoms with Gasteiger partial charge in [0.1, 0.15) is 0 Å². The van der Waals surface area contributed by atoms with Crippen molar-refractivity contribution in [3.63, 3.8) is 0 Å². The largest absolute Gasteiger partial charge is 0.298 e. The lowest BCUT2D eigenvalue weighted by molar-refractivity contribution is 0.0755. The van der Waals surface area contributed by atoms with E-state index < -0.39 is 0 Å². The van der Waals surface area contributed by atoms with Crippen LogP contribution in [0.1, 0.15) is 37.7 Å². The summed E-state index contributed by atoms with van der Waals surface area (Å²) in [5.41, 5.74) is 1.34. The first-order valence-electron chi connectivity index (χ1n) is 8.02. The van der Waals surface area contributed by atoms with Crippen molar-refractivity contribution in [2.75, 3.05) is 26.2 Å². The van der Waals surface area contributed by atoms with Gasteiger partial charge in [-0.1, -0.05) is 43.0 Å². The van der Waals surface area contributed by atoms with Crippen LogP contribution < -0.4 is 0 Å². The van der Waals surface area contributed by atoms with Crippen molar-refractivity contribution in [3.8, 4) is 0 Å². The minimum Gasteiger partial charge on any atom is -0.298 e. The highest BCUT2D eigenvalue weighted by molar-refractivity contribution is 6.30. The third kappa shape index (κ3) is 3.75. The molecule has 0 spiro atoms. The molecule has 1 aromatic carbocycles. The first-order chi connectivity index (χ1) is 9.81. The van der Waals surface area contributed by atoms with Gasteiger partial charge in [0.05, 0.1) is 0 Å². The van der Waals surface area contributed by atoms with Gasteiger partial charge in [0.2, 0.25) is 0 Å². The zero-order valence-electron chi connectivity index (χ0n) is 12.2. The Morgan fingerprint density at radius 3 is 2.45 bits per heavy atom. The fourth-order valence-electron chi connectivity index (χ4n) is 3.63. The molecule has 1 aliphatic carbocycles. The van der Waals surface area contributed by atoms with E-state index in [1.165, 1.54) is 63.8 Å². The molecular formula is C17H25ClN2. The molecule has 0 N–H and O–H groups in total. The monoisotopic (exact) mass is 292 g/mol. The van der Waals surface area contributed by atoms with Gasteiger partial charge in [0.25, 0.3) is 0 Å². The molecule has 0 bridgehead atoms. The summed E-state index contributed by atoms with van der Waals surface area (Å²) >= 11 is 6.06. The molecule has 110 valence electrons. The van der Waals surface area contributed by atoms with Gasteiger partial charge in [0, 0.05) is 43.8 Å². The van der Waals surface area contributed by atoms with E-state index in [2.05, 4.69) is 28.0 Å². The van der Waals surface area contributed by atoms with Crippen LogP contribution in [0.3, 0.4) is 0 Å². The van der Waals surface area contributed by atoms with Crippen molar-refractivity contribution < 1.29 is 0 Å².